The van der Waals surface area contributed by atoms with Crippen LogP contribution in [-0.4, -0.2) is 40.0 Å². The predicted molar refractivity (Wildman–Crippen MR) is 109 cm³/mol. The van der Waals surface area contributed by atoms with Gasteiger partial charge in [0.1, 0.15) is 4.83 Å². The van der Waals surface area contributed by atoms with Crippen LogP contribution in [0.15, 0.2) is 38.7 Å². The van der Waals surface area contributed by atoms with Gasteiger partial charge in [-0.1, -0.05) is 39.8 Å². The number of hydrogen-bond donors (Lipinski definition) is 1. The van der Waals surface area contributed by atoms with Gasteiger partial charge in [-0.05, 0) is 31.2 Å². The molecular formula is C18H16BrN3O2S2. The van der Waals surface area contributed by atoms with Crippen LogP contribution in [-0.2, 0) is 13.0 Å². The van der Waals surface area contributed by atoms with Crippen molar-refractivity contribution in [3.8, 4) is 0 Å². The second kappa shape index (κ2) is 7.26. The molecule has 0 spiro atoms. The lowest BCUT2D eigenvalue weighted by atomic mass is 10.1. The van der Waals surface area contributed by atoms with E-state index in [-0.39, 0.29) is 17.1 Å². The average Bonchev–Trinajstić information content (AvgIpc) is 2.98. The van der Waals surface area contributed by atoms with Crippen molar-refractivity contribution >= 4 is 55.0 Å². The Morgan fingerprint density at radius 2 is 2.15 bits per heavy atom. The van der Waals surface area contributed by atoms with E-state index in [1.165, 1.54) is 16.6 Å². The second-order valence-corrected chi connectivity index (χ2v) is 9.22. The van der Waals surface area contributed by atoms with Gasteiger partial charge in [-0.3, -0.25) is 9.59 Å². The normalized spacial score (nSPS) is 14.5. The van der Waals surface area contributed by atoms with Crippen molar-refractivity contribution in [2.24, 2.45) is 0 Å². The molecule has 0 amide bonds. The van der Waals surface area contributed by atoms with Crippen LogP contribution in [0.4, 0.5) is 0 Å². The number of rotatable bonds is 4. The standard InChI is InChI=1S/C18H16BrN3O2S2/c1-22-7-6-12-14(8-22)26-17-15(12)16(24)20-18(21-17)25-9-13(23)10-2-4-11(19)5-3-10/h2-5H,6-9H2,1H3,(H,20,21,24). The molecule has 0 saturated carbocycles. The molecule has 3 heterocycles. The fourth-order valence-corrected chi connectivity index (χ4v) is 5.41. The average molecular weight is 450 g/mol. The molecule has 8 heteroatoms. The van der Waals surface area contributed by atoms with Crippen LogP contribution in [0.5, 0.6) is 0 Å². The van der Waals surface area contributed by atoms with Crippen molar-refractivity contribution in [1.29, 1.82) is 0 Å². The number of halogens is 1. The van der Waals surface area contributed by atoms with Gasteiger partial charge in [0.05, 0.1) is 11.1 Å². The Kier molecular flexibility index (Phi) is 5.00. The molecule has 0 atom stereocenters. The van der Waals surface area contributed by atoms with E-state index in [1.54, 1.807) is 23.5 Å². The number of likely N-dealkylation sites (N-methyl/N-ethyl adjacent to an activating group) is 1. The van der Waals surface area contributed by atoms with Crippen LogP contribution in [0.2, 0.25) is 0 Å². The molecular weight excluding hydrogens is 434 g/mol. The number of aromatic nitrogens is 2. The first-order valence-electron chi connectivity index (χ1n) is 8.16. The number of fused-ring (bicyclic) bond motifs is 3. The molecule has 134 valence electrons. The summed E-state index contributed by atoms with van der Waals surface area (Å²) in [6.45, 7) is 1.82. The SMILES string of the molecule is CN1CCc2c(sc3nc(SCC(=O)c4ccc(Br)cc4)[nH]c(=O)c23)C1. The highest BCUT2D eigenvalue weighted by Crippen LogP contribution is 2.32. The Labute approximate surface area is 167 Å². The monoisotopic (exact) mass is 449 g/mol. The molecule has 1 aromatic carbocycles. The highest BCUT2D eigenvalue weighted by atomic mass is 79.9. The zero-order chi connectivity index (χ0) is 18.3. The van der Waals surface area contributed by atoms with Crippen LogP contribution in [0.25, 0.3) is 10.2 Å². The second-order valence-electron chi connectivity index (χ2n) is 6.26. The lowest BCUT2D eigenvalue weighted by Gasteiger charge is -2.21. The Balaban J connectivity index is 1.57. The summed E-state index contributed by atoms with van der Waals surface area (Å²) >= 11 is 6.22. The van der Waals surface area contributed by atoms with Gasteiger partial charge in [-0.25, -0.2) is 4.98 Å². The summed E-state index contributed by atoms with van der Waals surface area (Å²) in [6.07, 6.45) is 0.880. The highest BCUT2D eigenvalue weighted by Gasteiger charge is 2.22. The van der Waals surface area contributed by atoms with E-state index in [9.17, 15) is 9.59 Å². The smallest absolute Gasteiger partial charge is 0.260 e. The van der Waals surface area contributed by atoms with E-state index in [0.717, 1.165) is 39.8 Å². The molecule has 2 aromatic heterocycles. The summed E-state index contributed by atoms with van der Waals surface area (Å²) in [5, 5.41) is 1.22. The number of nitrogens with zero attached hydrogens (tertiary/aromatic N) is 2. The lowest BCUT2D eigenvalue weighted by Crippen LogP contribution is -2.25. The number of thioether (sulfide) groups is 1. The molecule has 0 aliphatic carbocycles. The zero-order valence-electron chi connectivity index (χ0n) is 14.0. The number of benzene rings is 1. The van der Waals surface area contributed by atoms with Crippen LogP contribution in [0.3, 0.4) is 0 Å². The molecule has 0 unspecified atom stereocenters. The van der Waals surface area contributed by atoms with Gasteiger partial charge in [-0.15, -0.1) is 11.3 Å². The Bertz CT molecular complexity index is 1040. The van der Waals surface area contributed by atoms with E-state index in [4.69, 9.17) is 0 Å². The molecule has 5 nitrogen and oxygen atoms in total. The van der Waals surface area contributed by atoms with Gasteiger partial charge in [0.2, 0.25) is 0 Å². The summed E-state index contributed by atoms with van der Waals surface area (Å²) in [5.74, 6) is 0.251. The minimum Gasteiger partial charge on any atom is -0.301 e. The topological polar surface area (TPSA) is 66.1 Å². The van der Waals surface area contributed by atoms with Crippen LogP contribution in [0, 0.1) is 0 Å². The molecule has 1 aliphatic rings. The van der Waals surface area contributed by atoms with E-state index < -0.39 is 0 Å². The van der Waals surface area contributed by atoms with Crippen molar-refractivity contribution in [3.05, 3.63) is 55.1 Å². The first kappa shape index (κ1) is 17.9. The molecule has 0 bridgehead atoms. The first-order chi connectivity index (χ1) is 12.5. The van der Waals surface area contributed by atoms with Crippen LogP contribution >= 0.6 is 39.0 Å². The third-order valence-corrected chi connectivity index (χ3v) is 6.90. The quantitative estimate of drug-likeness (QED) is 0.373. The first-order valence-corrected chi connectivity index (χ1v) is 10.8. The predicted octanol–water partition coefficient (Wildman–Crippen LogP) is 3.71. The van der Waals surface area contributed by atoms with Crippen molar-refractivity contribution in [2.75, 3.05) is 19.3 Å². The summed E-state index contributed by atoms with van der Waals surface area (Å²) in [4.78, 5) is 36.6. The minimum absolute atomic E-state index is 0.0114. The molecule has 0 saturated heterocycles. The number of ketones is 1. The van der Waals surface area contributed by atoms with Gasteiger partial charge >= 0.3 is 0 Å². The third-order valence-electron chi connectivity index (χ3n) is 4.39. The number of hydrogen-bond acceptors (Lipinski definition) is 6. The van der Waals surface area contributed by atoms with Gasteiger partial charge in [0, 0.05) is 28.0 Å². The molecule has 0 fully saturated rings. The molecule has 4 rings (SSSR count). The van der Waals surface area contributed by atoms with Crippen LogP contribution in [0.1, 0.15) is 20.8 Å². The highest BCUT2D eigenvalue weighted by molar-refractivity contribution is 9.10. The maximum Gasteiger partial charge on any atom is 0.260 e. The summed E-state index contributed by atoms with van der Waals surface area (Å²) < 4.78 is 0.936. The number of aromatic amines is 1. The van der Waals surface area contributed by atoms with E-state index in [0.29, 0.717) is 10.7 Å². The van der Waals surface area contributed by atoms with Gasteiger partial charge in [0.25, 0.3) is 5.56 Å². The number of carbonyl (C=O) groups is 1. The van der Waals surface area contributed by atoms with Gasteiger partial charge < -0.3 is 9.88 Å². The minimum atomic E-state index is -0.101. The van der Waals surface area contributed by atoms with Crippen LogP contribution < -0.4 is 5.56 Å². The number of carbonyl (C=O) groups excluding carboxylic acids is 1. The number of thiophene rings is 1. The number of Topliss-reactive ketones (excluding diaryl/α,β-unsaturated/α-hetero) is 1. The summed E-state index contributed by atoms with van der Waals surface area (Å²) in [7, 11) is 2.08. The maximum atomic E-state index is 12.6. The molecule has 26 heavy (non-hydrogen) atoms. The maximum absolute atomic E-state index is 12.6. The Morgan fingerprint density at radius 3 is 2.92 bits per heavy atom. The van der Waals surface area contributed by atoms with Crippen molar-refractivity contribution < 1.29 is 4.79 Å². The van der Waals surface area contributed by atoms with Crippen molar-refractivity contribution in [3.63, 3.8) is 0 Å². The summed E-state index contributed by atoms with van der Waals surface area (Å²) in [6, 6.07) is 7.26. The van der Waals surface area contributed by atoms with E-state index >= 15 is 0 Å². The van der Waals surface area contributed by atoms with Crippen molar-refractivity contribution in [1.82, 2.24) is 14.9 Å². The molecule has 0 radical (unpaired) electrons. The molecule has 3 aromatic rings. The van der Waals surface area contributed by atoms with E-state index in [2.05, 4.69) is 37.8 Å². The third kappa shape index (κ3) is 3.51. The van der Waals surface area contributed by atoms with Crippen molar-refractivity contribution in [2.45, 2.75) is 18.1 Å². The summed E-state index contributed by atoms with van der Waals surface area (Å²) in [5.41, 5.74) is 1.69. The Morgan fingerprint density at radius 1 is 1.38 bits per heavy atom. The molecule has 1 N–H and O–H groups in total. The van der Waals surface area contributed by atoms with E-state index in [1.807, 2.05) is 12.1 Å². The fourth-order valence-electron chi connectivity index (χ4n) is 3.03. The molecule has 1 aliphatic heterocycles. The zero-order valence-corrected chi connectivity index (χ0v) is 17.3. The number of nitrogens with one attached hydrogen (secondary N) is 1. The Hall–Kier alpha value is -1.48. The number of H-pyrrole nitrogens is 1. The largest absolute Gasteiger partial charge is 0.301 e. The van der Waals surface area contributed by atoms with Gasteiger partial charge in [0.15, 0.2) is 10.9 Å². The fraction of sp³-hybridized carbons (Fsp3) is 0.278. The lowest BCUT2D eigenvalue weighted by molar-refractivity contribution is 0.102. The van der Waals surface area contributed by atoms with Gasteiger partial charge in [-0.2, -0.15) is 0 Å².